The first-order chi connectivity index (χ1) is 15.9. The maximum absolute atomic E-state index is 12.7. The van der Waals surface area contributed by atoms with Crippen LogP contribution < -0.4 is 24.8 Å². The van der Waals surface area contributed by atoms with Gasteiger partial charge in [0, 0.05) is 18.7 Å². The van der Waals surface area contributed by atoms with Gasteiger partial charge in [0.05, 0.1) is 39.5 Å². The number of nitrogens with one attached hydrogen (secondary N) is 2. The molecule has 3 aromatic rings. The molecule has 10 nitrogen and oxygen atoms in total. The summed E-state index contributed by atoms with van der Waals surface area (Å²) in [6.07, 6.45) is 3.69. The van der Waals surface area contributed by atoms with Crippen LogP contribution in [0.15, 0.2) is 23.5 Å². The minimum atomic E-state index is -0.260. The van der Waals surface area contributed by atoms with Crippen LogP contribution in [0.4, 0.5) is 5.82 Å². The molecule has 0 fully saturated rings. The summed E-state index contributed by atoms with van der Waals surface area (Å²) in [6.45, 7) is 5.89. The van der Waals surface area contributed by atoms with Crippen molar-refractivity contribution in [2.45, 2.75) is 25.5 Å². The molecule has 178 valence electrons. The topological polar surface area (TPSA) is 112 Å². The summed E-state index contributed by atoms with van der Waals surface area (Å²) in [4.78, 5) is 21.9. The SMILES string of the molecule is COc1cc(C(=O)NCCn2ncc3c(NCC(C)C)nc(SC)nc32)cc(OC)c1OC. The first kappa shape index (κ1) is 24.4. The monoisotopic (exact) mass is 474 g/mol. The zero-order chi connectivity index (χ0) is 24.0. The highest BCUT2D eigenvalue weighted by atomic mass is 32.2. The lowest BCUT2D eigenvalue weighted by Crippen LogP contribution is -2.27. The maximum atomic E-state index is 12.7. The fraction of sp³-hybridized carbons (Fsp3) is 0.455. The third kappa shape index (κ3) is 5.59. The Hall–Kier alpha value is -3.21. The van der Waals surface area contributed by atoms with Crippen LogP contribution in [0.3, 0.4) is 0 Å². The Bertz CT molecular complexity index is 1090. The average molecular weight is 475 g/mol. The van der Waals surface area contributed by atoms with Crippen LogP contribution in [0.5, 0.6) is 17.2 Å². The van der Waals surface area contributed by atoms with Crippen molar-refractivity contribution in [2.75, 3.05) is 46.0 Å². The highest BCUT2D eigenvalue weighted by molar-refractivity contribution is 7.98. The normalized spacial score (nSPS) is 11.0. The van der Waals surface area contributed by atoms with Gasteiger partial charge < -0.3 is 24.8 Å². The maximum Gasteiger partial charge on any atom is 0.251 e. The van der Waals surface area contributed by atoms with E-state index in [1.54, 1.807) is 23.0 Å². The zero-order valence-corrected chi connectivity index (χ0v) is 20.6. The van der Waals surface area contributed by atoms with Crippen molar-refractivity contribution in [1.29, 1.82) is 0 Å². The van der Waals surface area contributed by atoms with E-state index in [0.29, 0.717) is 47.0 Å². The lowest BCUT2D eigenvalue weighted by atomic mass is 10.1. The van der Waals surface area contributed by atoms with E-state index in [2.05, 4.69) is 39.5 Å². The van der Waals surface area contributed by atoms with Crippen LogP contribution in [0.25, 0.3) is 11.0 Å². The zero-order valence-electron chi connectivity index (χ0n) is 19.8. The Labute approximate surface area is 197 Å². The first-order valence-electron chi connectivity index (χ1n) is 10.5. The lowest BCUT2D eigenvalue weighted by molar-refractivity contribution is 0.0951. The number of fused-ring (bicyclic) bond motifs is 1. The highest BCUT2D eigenvalue weighted by Gasteiger charge is 2.17. The molecule has 0 aliphatic rings. The van der Waals surface area contributed by atoms with Crippen LogP contribution in [0.2, 0.25) is 0 Å². The van der Waals surface area contributed by atoms with Gasteiger partial charge in [-0.15, -0.1) is 0 Å². The summed E-state index contributed by atoms with van der Waals surface area (Å²) in [5, 5.41) is 12.3. The minimum absolute atomic E-state index is 0.260. The Morgan fingerprint density at radius 3 is 2.39 bits per heavy atom. The summed E-state index contributed by atoms with van der Waals surface area (Å²) >= 11 is 1.47. The Morgan fingerprint density at radius 2 is 1.82 bits per heavy atom. The summed E-state index contributed by atoms with van der Waals surface area (Å²) in [7, 11) is 4.54. The van der Waals surface area contributed by atoms with Crippen LogP contribution in [0, 0.1) is 5.92 Å². The van der Waals surface area contributed by atoms with E-state index in [4.69, 9.17) is 14.2 Å². The number of benzene rings is 1. The molecule has 11 heteroatoms. The van der Waals surface area contributed by atoms with E-state index >= 15 is 0 Å². The van der Waals surface area contributed by atoms with Crippen molar-refractivity contribution >= 4 is 34.5 Å². The molecule has 0 atom stereocenters. The number of thioether (sulfide) groups is 1. The molecule has 0 spiro atoms. The van der Waals surface area contributed by atoms with Crippen molar-refractivity contribution in [3.63, 3.8) is 0 Å². The number of aromatic nitrogens is 4. The largest absolute Gasteiger partial charge is 0.493 e. The molecule has 0 unspecified atom stereocenters. The number of hydrogen-bond donors (Lipinski definition) is 2. The molecule has 0 saturated carbocycles. The molecule has 0 bridgehead atoms. The van der Waals surface area contributed by atoms with Crippen LogP contribution in [-0.4, -0.2) is 66.3 Å². The van der Waals surface area contributed by atoms with Crippen molar-refractivity contribution in [3.8, 4) is 17.2 Å². The molecular weight excluding hydrogens is 444 g/mol. The van der Waals surface area contributed by atoms with Crippen LogP contribution in [-0.2, 0) is 6.54 Å². The predicted octanol–water partition coefficient (Wildman–Crippen LogP) is 3.07. The van der Waals surface area contributed by atoms with Gasteiger partial charge in [-0.1, -0.05) is 25.6 Å². The molecule has 0 aliphatic carbocycles. The van der Waals surface area contributed by atoms with Gasteiger partial charge in [0.15, 0.2) is 22.3 Å². The summed E-state index contributed by atoms with van der Waals surface area (Å²) < 4.78 is 17.7. The molecule has 0 radical (unpaired) electrons. The Morgan fingerprint density at radius 1 is 1.12 bits per heavy atom. The number of methoxy groups -OCH3 is 3. The summed E-state index contributed by atoms with van der Waals surface area (Å²) in [5.74, 6) is 2.26. The van der Waals surface area contributed by atoms with Gasteiger partial charge in [0.1, 0.15) is 5.82 Å². The predicted molar refractivity (Wildman–Crippen MR) is 129 cm³/mol. The Balaban J connectivity index is 1.75. The third-order valence-corrected chi connectivity index (χ3v) is 5.42. The number of nitrogens with zero attached hydrogens (tertiary/aromatic N) is 4. The molecule has 0 aliphatic heterocycles. The molecule has 1 amide bonds. The average Bonchev–Trinajstić information content (AvgIpc) is 3.24. The van der Waals surface area contributed by atoms with Crippen molar-refractivity contribution < 1.29 is 19.0 Å². The fourth-order valence-electron chi connectivity index (χ4n) is 3.22. The highest BCUT2D eigenvalue weighted by Crippen LogP contribution is 2.38. The number of amides is 1. The summed E-state index contributed by atoms with van der Waals surface area (Å²) in [5.41, 5.74) is 1.13. The quantitative estimate of drug-likeness (QED) is 0.320. The third-order valence-electron chi connectivity index (χ3n) is 4.87. The van der Waals surface area contributed by atoms with E-state index in [0.717, 1.165) is 23.4 Å². The van der Waals surface area contributed by atoms with E-state index in [-0.39, 0.29) is 5.91 Å². The first-order valence-corrected chi connectivity index (χ1v) is 11.7. The van der Waals surface area contributed by atoms with Gasteiger partial charge in [0.25, 0.3) is 5.91 Å². The number of rotatable bonds is 11. The van der Waals surface area contributed by atoms with Crippen molar-refractivity contribution in [1.82, 2.24) is 25.1 Å². The second-order valence-corrected chi connectivity index (χ2v) is 8.38. The molecule has 1 aromatic carbocycles. The fourth-order valence-corrected chi connectivity index (χ4v) is 3.58. The number of hydrogen-bond acceptors (Lipinski definition) is 9. The van der Waals surface area contributed by atoms with E-state index in [1.165, 1.54) is 33.1 Å². The van der Waals surface area contributed by atoms with Crippen LogP contribution >= 0.6 is 11.8 Å². The van der Waals surface area contributed by atoms with Gasteiger partial charge in [-0.05, 0) is 24.3 Å². The van der Waals surface area contributed by atoms with E-state index in [9.17, 15) is 4.79 Å². The number of carbonyl (C=O) groups excluding carboxylic acids is 1. The van der Waals surface area contributed by atoms with Gasteiger partial charge in [-0.3, -0.25) is 4.79 Å². The van der Waals surface area contributed by atoms with Crippen LogP contribution in [0.1, 0.15) is 24.2 Å². The van der Waals surface area contributed by atoms with E-state index < -0.39 is 0 Å². The number of carbonyl (C=O) groups is 1. The van der Waals surface area contributed by atoms with Crippen molar-refractivity contribution in [2.24, 2.45) is 5.92 Å². The smallest absolute Gasteiger partial charge is 0.251 e. The van der Waals surface area contributed by atoms with Gasteiger partial charge in [0.2, 0.25) is 5.75 Å². The van der Waals surface area contributed by atoms with Crippen molar-refractivity contribution in [3.05, 3.63) is 23.9 Å². The molecule has 0 saturated heterocycles. The van der Waals surface area contributed by atoms with Gasteiger partial charge >= 0.3 is 0 Å². The molecular formula is C22H30N6O4S. The summed E-state index contributed by atoms with van der Waals surface area (Å²) in [6, 6.07) is 3.23. The molecule has 2 N–H and O–H groups in total. The van der Waals surface area contributed by atoms with Gasteiger partial charge in [-0.25, -0.2) is 14.6 Å². The molecule has 2 heterocycles. The second kappa shape index (κ2) is 11.1. The molecule has 3 rings (SSSR count). The van der Waals surface area contributed by atoms with Gasteiger partial charge in [-0.2, -0.15) is 5.10 Å². The second-order valence-electron chi connectivity index (χ2n) is 7.61. The number of ether oxygens (including phenoxy) is 3. The minimum Gasteiger partial charge on any atom is -0.493 e. The van der Waals surface area contributed by atoms with E-state index in [1.807, 2.05) is 6.26 Å². The molecule has 33 heavy (non-hydrogen) atoms. The lowest BCUT2D eigenvalue weighted by Gasteiger charge is -2.14. The Kier molecular flexibility index (Phi) is 8.21. The number of anilines is 1. The standard InChI is InChI=1S/C22H30N6O4S/c1-13(2)11-24-19-15-12-25-28(20(15)27-22(26-19)33-6)8-7-23-21(29)14-9-16(30-3)18(32-5)17(10-14)31-4/h9-10,12-13H,7-8,11H2,1-6H3,(H,23,29)(H,24,26,27). The molecule has 2 aromatic heterocycles.